The van der Waals surface area contributed by atoms with Crippen LogP contribution >= 0.6 is 0 Å². The first-order chi connectivity index (χ1) is 24.1. The molecule has 4 aliphatic heterocycles. The number of benzene rings is 2. The number of amides is 2. The highest BCUT2D eigenvalue weighted by Crippen LogP contribution is 2.42. The highest BCUT2D eigenvalue weighted by atomic mass is 32.2. The number of nitrogens with zero attached hydrogens (tertiary/aromatic N) is 2. The summed E-state index contributed by atoms with van der Waals surface area (Å²) < 4.78 is 92.2. The molecule has 6 rings (SSSR count). The van der Waals surface area contributed by atoms with Gasteiger partial charge in [0, 0.05) is 25.2 Å². The van der Waals surface area contributed by atoms with Gasteiger partial charge in [0.15, 0.2) is 33.7 Å². The molecule has 4 aliphatic rings. The fourth-order valence-corrected chi connectivity index (χ4v) is 8.83. The van der Waals surface area contributed by atoms with E-state index in [-0.39, 0.29) is 84.6 Å². The highest BCUT2D eigenvalue weighted by Gasteiger charge is 2.47. The molecule has 0 radical (unpaired) electrons. The zero-order chi connectivity index (χ0) is 36.8. The van der Waals surface area contributed by atoms with E-state index in [1.807, 2.05) is 0 Å². The van der Waals surface area contributed by atoms with Crippen molar-refractivity contribution < 1.29 is 54.5 Å². The third-order valence-electron chi connectivity index (χ3n) is 9.41. The summed E-state index contributed by atoms with van der Waals surface area (Å²) in [6, 6.07) is 4.27. The Labute approximate surface area is 295 Å². The second-order valence-corrected chi connectivity index (χ2v) is 16.0. The Kier molecular flexibility index (Phi) is 9.88. The molecule has 4 unspecified atom stereocenters. The van der Waals surface area contributed by atoms with Crippen LogP contribution in [0.1, 0.15) is 52.8 Å². The zero-order valence-corrected chi connectivity index (χ0v) is 29.7. The Morgan fingerprint density at radius 1 is 0.686 bits per heavy atom. The van der Waals surface area contributed by atoms with E-state index in [4.69, 9.17) is 18.9 Å². The van der Waals surface area contributed by atoms with Gasteiger partial charge < -0.3 is 39.4 Å². The Balaban J connectivity index is 1.08. The second-order valence-electron chi connectivity index (χ2n) is 12.9. The summed E-state index contributed by atoms with van der Waals surface area (Å²) in [7, 11) is -6.34. The summed E-state index contributed by atoms with van der Waals surface area (Å²) in [6.45, 7) is 8.60. The number of carbonyl (C=O) groups excluding carboxylic acids is 2. The van der Waals surface area contributed by atoms with Gasteiger partial charge >= 0.3 is 0 Å². The molecule has 2 amide bonds. The number of methoxy groups -OCH3 is 2. The normalized spacial score (nSPS) is 22.9. The van der Waals surface area contributed by atoms with E-state index >= 15 is 0 Å². The van der Waals surface area contributed by atoms with Gasteiger partial charge in [-0.2, -0.15) is 16.8 Å². The molecule has 0 saturated carbocycles. The van der Waals surface area contributed by atoms with Crippen LogP contribution in [0.2, 0.25) is 0 Å². The summed E-state index contributed by atoms with van der Waals surface area (Å²) in [5.41, 5.74) is 2.08. The Bertz CT molecular complexity index is 1860. The summed E-state index contributed by atoms with van der Waals surface area (Å²) in [5, 5.41) is 2.74. The average Bonchev–Trinajstić information content (AvgIpc) is 3.59. The fraction of sp³-hybridized carbons (Fsp3) is 0.455. The number of hydrogen-bond acceptors (Lipinski definition) is 12. The molecule has 16 nitrogen and oxygen atoms in total. The maximum Gasteiger partial charge on any atom is 0.288 e. The number of hydrogen-bond donors (Lipinski definition) is 4. The van der Waals surface area contributed by atoms with Crippen LogP contribution in [-0.4, -0.2) is 111 Å². The van der Waals surface area contributed by atoms with Crippen molar-refractivity contribution in [3.05, 3.63) is 59.7 Å². The molecule has 276 valence electrons. The van der Waals surface area contributed by atoms with Gasteiger partial charge in [0.25, 0.3) is 32.1 Å². The van der Waals surface area contributed by atoms with Crippen molar-refractivity contribution in [1.82, 2.24) is 9.80 Å². The van der Waals surface area contributed by atoms with E-state index in [1.165, 1.54) is 48.3 Å². The first kappa shape index (κ1) is 36.3. The van der Waals surface area contributed by atoms with Crippen LogP contribution in [0.25, 0.3) is 0 Å². The summed E-state index contributed by atoms with van der Waals surface area (Å²) in [4.78, 5) is 29.6. The minimum absolute atomic E-state index is 0.168. The van der Waals surface area contributed by atoms with Crippen molar-refractivity contribution in [2.45, 2.75) is 54.9 Å². The largest absolute Gasteiger partial charge is 0.493 e. The van der Waals surface area contributed by atoms with Crippen molar-refractivity contribution in [2.75, 3.05) is 51.2 Å². The minimum atomic E-state index is -4.59. The molecule has 2 saturated heterocycles. The smallest absolute Gasteiger partial charge is 0.288 e. The first-order valence-electron chi connectivity index (χ1n) is 16.2. The van der Waals surface area contributed by atoms with Crippen molar-refractivity contribution in [1.29, 1.82) is 0 Å². The Morgan fingerprint density at radius 2 is 1.08 bits per heavy atom. The van der Waals surface area contributed by atoms with E-state index in [0.29, 0.717) is 30.4 Å². The molecule has 4 heterocycles. The SMILES string of the molecule is C=C1CC2C(S(=O)(=O)O)Nc3cc(OCCCCCOc4cc5c(cc4OC)C(=O)N4CC(=C)CC4C(S(=O)(=O)O)N5)c(OC)cc3C(=O)N2C1. The lowest BCUT2D eigenvalue weighted by Gasteiger charge is -2.26. The summed E-state index contributed by atoms with van der Waals surface area (Å²) in [5.74, 6) is 0.259. The van der Waals surface area contributed by atoms with Crippen LogP contribution in [0.5, 0.6) is 23.0 Å². The van der Waals surface area contributed by atoms with Gasteiger partial charge in [0.2, 0.25) is 0 Å². The van der Waals surface area contributed by atoms with Gasteiger partial charge in [-0.05, 0) is 44.2 Å². The second kappa shape index (κ2) is 13.9. The molecule has 4 atom stereocenters. The number of carbonyl (C=O) groups is 2. The number of rotatable bonds is 12. The monoisotopic (exact) mass is 748 g/mol. The molecule has 0 aromatic heterocycles. The van der Waals surface area contributed by atoms with Crippen molar-refractivity contribution in [3.63, 3.8) is 0 Å². The molecule has 0 aliphatic carbocycles. The lowest BCUT2D eigenvalue weighted by Crippen LogP contribution is -2.47. The molecular weight excluding hydrogens is 709 g/mol. The van der Waals surface area contributed by atoms with Crippen LogP contribution in [0, 0.1) is 0 Å². The van der Waals surface area contributed by atoms with Crippen LogP contribution in [0.3, 0.4) is 0 Å². The molecular formula is C33H40N4O12S2. The average molecular weight is 749 g/mol. The molecule has 2 fully saturated rings. The van der Waals surface area contributed by atoms with Crippen molar-refractivity contribution in [2.24, 2.45) is 0 Å². The molecule has 4 N–H and O–H groups in total. The van der Waals surface area contributed by atoms with Crippen LogP contribution < -0.4 is 29.6 Å². The highest BCUT2D eigenvalue weighted by molar-refractivity contribution is 7.86. The van der Waals surface area contributed by atoms with Gasteiger partial charge in [-0.25, -0.2) is 0 Å². The topological polar surface area (TPSA) is 210 Å². The third-order valence-corrected chi connectivity index (χ3v) is 11.6. The standard InChI is InChI=1S/C33H40N4O12S2/c1-18-10-24-30(50(40,41)42)34-22-14-28(26(46-3)12-20(22)32(38)36(24)16-18)48-8-6-5-7-9-49-29-15-23-21(13-27(29)47-4)33(39)37-17-19(2)11-25(37)31(35-23)51(43,44)45/h12-15,24-25,30-31,34-35H,1-2,5-11,16-17H2,3-4H3,(H,40,41,42)(H,43,44,45). The molecule has 0 bridgehead atoms. The van der Waals surface area contributed by atoms with E-state index in [0.717, 1.165) is 0 Å². The Hall–Kier alpha value is -4.52. The molecule has 18 heteroatoms. The predicted octanol–water partition coefficient (Wildman–Crippen LogP) is 3.15. The predicted molar refractivity (Wildman–Crippen MR) is 186 cm³/mol. The third kappa shape index (κ3) is 7.17. The minimum Gasteiger partial charge on any atom is -0.493 e. The molecule has 0 spiro atoms. The number of anilines is 2. The zero-order valence-electron chi connectivity index (χ0n) is 28.1. The van der Waals surface area contributed by atoms with Gasteiger partial charge in [0.1, 0.15) is 0 Å². The number of fused-ring (bicyclic) bond motifs is 4. The molecule has 2 aromatic rings. The number of nitrogens with one attached hydrogen (secondary N) is 2. The fourth-order valence-electron chi connectivity index (χ4n) is 7.00. The van der Waals surface area contributed by atoms with E-state index in [2.05, 4.69) is 23.8 Å². The van der Waals surface area contributed by atoms with Crippen LogP contribution in [0.4, 0.5) is 11.4 Å². The molecule has 51 heavy (non-hydrogen) atoms. The molecule has 2 aromatic carbocycles. The maximum atomic E-state index is 13.4. The van der Waals surface area contributed by atoms with Crippen molar-refractivity contribution in [3.8, 4) is 23.0 Å². The first-order valence-corrected chi connectivity index (χ1v) is 19.2. The lowest BCUT2D eigenvalue weighted by atomic mass is 10.1. The Morgan fingerprint density at radius 3 is 1.43 bits per heavy atom. The van der Waals surface area contributed by atoms with Crippen LogP contribution in [0.15, 0.2) is 48.6 Å². The summed E-state index contributed by atoms with van der Waals surface area (Å²) >= 11 is 0. The number of unbranched alkanes of at least 4 members (excludes halogenated alkanes) is 2. The van der Waals surface area contributed by atoms with E-state index in [1.54, 1.807) is 0 Å². The van der Waals surface area contributed by atoms with E-state index < -0.39 is 54.9 Å². The van der Waals surface area contributed by atoms with Gasteiger partial charge in [-0.1, -0.05) is 24.3 Å². The van der Waals surface area contributed by atoms with E-state index in [9.17, 15) is 35.5 Å². The summed E-state index contributed by atoms with van der Waals surface area (Å²) in [6.07, 6.45) is 2.27. The van der Waals surface area contributed by atoms with Gasteiger partial charge in [0.05, 0.1) is 62.0 Å². The van der Waals surface area contributed by atoms with Crippen LogP contribution in [-0.2, 0) is 20.2 Å². The number of ether oxygens (including phenoxy) is 4. The lowest BCUT2D eigenvalue weighted by molar-refractivity contribution is 0.0737. The van der Waals surface area contributed by atoms with Gasteiger partial charge in [-0.15, -0.1) is 0 Å². The maximum absolute atomic E-state index is 13.4. The van der Waals surface area contributed by atoms with Gasteiger partial charge in [-0.3, -0.25) is 18.7 Å². The van der Waals surface area contributed by atoms with Crippen molar-refractivity contribution >= 4 is 43.4 Å². The quantitative estimate of drug-likeness (QED) is 0.140.